The zero-order valence-electron chi connectivity index (χ0n) is 17.6. The van der Waals surface area contributed by atoms with Crippen molar-refractivity contribution in [2.45, 2.75) is 25.1 Å². The maximum Gasteiger partial charge on any atom is 0.573 e. The number of rotatable bonds is 9. The van der Waals surface area contributed by atoms with Crippen LogP contribution in [0, 0.1) is 13.8 Å². The Morgan fingerprint density at radius 2 is 1.64 bits per heavy atom. The third-order valence-corrected chi connectivity index (χ3v) is 5.58. The second kappa shape index (κ2) is 10.0. The van der Waals surface area contributed by atoms with Gasteiger partial charge in [0.05, 0.1) is 4.90 Å². The number of anilines is 3. The first-order valence-electron chi connectivity index (χ1n) is 9.65. The van der Waals surface area contributed by atoms with Crippen molar-refractivity contribution in [2.75, 3.05) is 23.7 Å². The van der Waals surface area contributed by atoms with E-state index in [1.807, 2.05) is 19.1 Å². The molecule has 0 unspecified atom stereocenters. The number of aromatic nitrogens is 3. The van der Waals surface area contributed by atoms with Crippen molar-refractivity contribution in [3.8, 4) is 5.75 Å². The first-order valence-corrected chi connectivity index (χ1v) is 11.1. The molecule has 0 atom stereocenters. The van der Waals surface area contributed by atoms with Gasteiger partial charge in [0.25, 0.3) is 0 Å². The molecule has 1 aromatic carbocycles. The molecule has 0 fully saturated rings. The Labute approximate surface area is 188 Å². The molecule has 9 nitrogen and oxygen atoms in total. The smallest absolute Gasteiger partial charge is 0.406 e. The molecule has 0 bridgehead atoms. The van der Waals surface area contributed by atoms with E-state index in [4.69, 9.17) is 0 Å². The number of nitrogens with zero attached hydrogens (tertiary/aromatic N) is 3. The predicted molar refractivity (Wildman–Crippen MR) is 116 cm³/mol. The summed E-state index contributed by atoms with van der Waals surface area (Å²) in [4.78, 5) is 12.6. The van der Waals surface area contributed by atoms with Crippen molar-refractivity contribution in [3.63, 3.8) is 0 Å². The molecule has 3 N–H and O–H groups in total. The highest BCUT2D eigenvalue weighted by molar-refractivity contribution is 7.89. The highest BCUT2D eigenvalue weighted by atomic mass is 32.2. The quantitative estimate of drug-likeness (QED) is 0.397. The number of hydrogen-bond acceptors (Lipinski definition) is 8. The minimum atomic E-state index is -4.85. The molecule has 0 spiro atoms. The number of pyridine rings is 1. The zero-order chi connectivity index (χ0) is 24.1. The van der Waals surface area contributed by atoms with Crippen LogP contribution < -0.4 is 20.1 Å². The molecule has 0 saturated heterocycles. The van der Waals surface area contributed by atoms with Crippen molar-refractivity contribution in [1.82, 2.24) is 19.7 Å². The largest absolute Gasteiger partial charge is 0.573 e. The fraction of sp³-hybridized carbons (Fsp3) is 0.250. The minimum Gasteiger partial charge on any atom is -0.406 e. The van der Waals surface area contributed by atoms with Crippen LogP contribution in [0.25, 0.3) is 0 Å². The lowest BCUT2D eigenvalue weighted by atomic mass is 10.3. The van der Waals surface area contributed by atoms with Crippen LogP contribution in [0.3, 0.4) is 0 Å². The van der Waals surface area contributed by atoms with Crippen LogP contribution >= 0.6 is 0 Å². The lowest BCUT2D eigenvalue weighted by Gasteiger charge is -2.12. The van der Waals surface area contributed by atoms with Gasteiger partial charge in [-0.2, -0.15) is 0 Å². The molecule has 0 aliphatic rings. The van der Waals surface area contributed by atoms with Crippen LogP contribution in [-0.2, 0) is 10.0 Å². The van der Waals surface area contributed by atoms with E-state index in [1.165, 1.54) is 0 Å². The SMILES string of the molecule is Cc1ccnc(Nc2cc(NCCNS(=O)(=O)c3ccc(OC(F)(F)F)cc3)nc(C)n2)c1. The van der Waals surface area contributed by atoms with Gasteiger partial charge in [0.2, 0.25) is 10.0 Å². The summed E-state index contributed by atoms with van der Waals surface area (Å²) in [5, 5.41) is 6.08. The molecule has 2 heterocycles. The van der Waals surface area contributed by atoms with Crippen molar-refractivity contribution in [3.05, 3.63) is 60.0 Å². The number of aryl methyl sites for hydroxylation is 2. The van der Waals surface area contributed by atoms with Gasteiger partial charge in [-0.05, 0) is 55.8 Å². The lowest BCUT2D eigenvalue weighted by Crippen LogP contribution is -2.29. The number of alkyl halides is 3. The van der Waals surface area contributed by atoms with Crippen LogP contribution in [0.15, 0.2) is 53.6 Å². The highest BCUT2D eigenvalue weighted by Gasteiger charge is 2.31. The summed E-state index contributed by atoms with van der Waals surface area (Å²) in [6.45, 7) is 3.87. The summed E-state index contributed by atoms with van der Waals surface area (Å²) in [7, 11) is -3.92. The van der Waals surface area contributed by atoms with Crippen molar-refractivity contribution in [1.29, 1.82) is 0 Å². The second-order valence-electron chi connectivity index (χ2n) is 6.87. The Morgan fingerprint density at radius 1 is 0.939 bits per heavy atom. The van der Waals surface area contributed by atoms with E-state index in [0.29, 0.717) is 23.3 Å². The number of hydrogen-bond donors (Lipinski definition) is 3. The Morgan fingerprint density at radius 3 is 2.30 bits per heavy atom. The number of benzene rings is 1. The molecule has 0 radical (unpaired) electrons. The first kappa shape index (κ1) is 24.2. The van der Waals surface area contributed by atoms with Gasteiger partial charge < -0.3 is 15.4 Å². The van der Waals surface area contributed by atoms with Gasteiger partial charge in [-0.1, -0.05) is 0 Å². The zero-order valence-corrected chi connectivity index (χ0v) is 18.5. The van der Waals surface area contributed by atoms with Crippen LogP contribution in [0.5, 0.6) is 5.75 Å². The normalized spacial score (nSPS) is 11.8. The molecule has 0 aliphatic carbocycles. The predicted octanol–water partition coefficient (Wildman–Crippen LogP) is 3.52. The Hall–Kier alpha value is -3.45. The summed E-state index contributed by atoms with van der Waals surface area (Å²) < 4.78 is 67.4. The van der Waals surface area contributed by atoms with Crippen LogP contribution in [0.4, 0.5) is 30.6 Å². The van der Waals surface area contributed by atoms with E-state index in [1.54, 1.807) is 19.2 Å². The molecule has 3 aromatic rings. The maximum absolute atomic E-state index is 12.3. The topological polar surface area (TPSA) is 118 Å². The van der Waals surface area contributed by atoms with Gasteiger partial charge in [0.15, 0.2) is 0 Å². The molecule has 176 valence electrons. The minimum absolute atomic E-state index is 0.00832. The Kier molecular flexibility index (Phi) is 7.33. The van der Waals surface area contributed by atoms with Gasteiger partial charge in [0.1, 0.15) is 29.0 Å². The Bertz CT molecular complexity index is 1200. The van der Waals surface area contributed by atoms with Crippen molar-refractivity contribution >= 4 is 27.5 Å². The van der Waals surface area contributed by atoms with E-state index in [0.717, 1.165) is 29.8 Å². The first-order chi connectivity index (χ1) is 15.5. The fourth-order valence-electron chi connectivity index (χ4n) is 2.74. The average molecular weight is 482 g/mol. The monoisotopic (exact) mass is 482 g/mol. The number of nitrogens with one attached hydrogen (secondary N) is 3. The number of halogens is 3. The third kappa shape index (κ3) is 7.57. The molecule has 3 rings (SSSR count). The summed E-state index contributed by atoms with van der Waals surface area (Å²) in [6, 6.07) is 9.31. The van der Waals surface area contributed by atoms with Gasteiger partial charge in [-0.25, -0.2) is 28.1 Å². The van der Waals surface area contributed by atoms with E-state index in [2.05, 4.69) is 35.0 Å². The van der Waals surface area contributed by atoms with E-state index in [9.17, 15) is 21.6 Å². The average Bonchev–Trinajstić information content (AvgIpc) is 2.70. The molecule has 33 heavy (non-hydrogen) atoms. The van der Waals surface area contributed by atoms with E-state index < -0.39 is 22.1 Å². The fourth-order valence-corrected chi connectivity index (χ4v) is 3.77. The molecule has 0 amide bonds. The summed E-state index contributed by atoms with van der Waals surface area (Å²) >= 11 is 0. The highest BCUT2D eigenvalue weighted by Crippen LogP contribution is 2.24. The Balaban J connectivity index is 1.55. The number of sulfonamides is 1. The van der Waals surface area contributed by atoms with Gasteiger partial charge >= 0.3 is 6.36 Å². The van der Waals surface area contributed by atoms with Gasteiger partial charge in [0, 0.05) is 25.4 Å². The summed E-state index contributed by atoms with van der Waals surface area (Å²) in [5.41, 5.74) is 1.03. The third-order valence-electron chi connectivity index (χ3n) is 4.10. The van der Waals surface area contributed by atoms with Crippen molar-refractivity contribution in [2.24, 2.45) is 0 Å². The molecular weight excluding hydrogens is 461 g/mol. The van der Waals surface area contributed by atoms with E-state index >= 15 is 0 Å². The second-order valence-corrected chi connectivity index (χ2v) is 8.64. The molecule has 2 aromatic heterocycles. The van der Waals surface area contributed by atoms with Crippen LogP contribution in [-0.4, -0.2) is 42.8 Å². The maximum atomic E-state index is 12.3. The summed E-state index contributed by atoms with van der Waals surface area (Å²) in [6.07, 6.45) is -3.18. The number of ether oxygens (including phenoxy) is 1. The van der Waals surface area contributed by atoms with Crippen LogP contribution in [0.2, 0.25) is 0 Å². The molecule has 0 saturated carbocycles. The van der Waals surface area contributed by atoms with Gasteiger partial charge in [-0.3, -0.25) is 0 Å². The van der Waals surface area contributed by atoms with Gasteiger partial charge in [-0.15, -0.1) is 13.2 Å². The summed E-state index contributed by atoms with van der Waals surface area (Å²) in [5.74, 6) is 1.61. The standard InChI is InChI=1S/C20H21F3N6O3S/c1-13-7-8-24-17(11-13)29-19-12-18(27-14(2)28-19)25-9-10-26-33(30,31)16-5-3-15(4-6-16)32-20(21,22)23/h3-8,11-12,26H,9-10H2,1-2H3,(H2,24,25,27,28,29). The molecular formula is C20H21F3N6O3S. The molecule has 0 aliphatic heterocycles. The van der Waals surface area contributed by atoms with Crippen LogP contribution in [0.1, 0.15) is 11.4 Å². The van der Waals surface area contributed by atoms with E-state index in [-0.39, 0.29) is 18.0 Å². The lowest BCUT2D eigenvalue weighted by molar-refractivity contribution is -0.274. The van der Waals surface area contributed by atoms with Crippen molar-refractivity contribution < 1.29 is 26.3 Å². The molecule has 13 heteroatoms.